The van der Waals surface area contributed by atoms with Crippen LogP contribution in [0.2, 0.25) is 0 Å². The number of nitrogens with zero attached hydrogens (tertiary/aromatic N) is 1. The van der Waals surface area contributed by atoms with E-state index in [1.165, 1.54) is 41.7 Å². The molecule has 1 heterocycles. The first-order valence-electron chi connectivity index (χ1n) is 9.71. The van der Waals surface area contributed by atoms with Crippen molar-refractivity contribution in [1.29, 1.82) is 0 Å². The van der Waals surface area contributed by atoms with Crippen LogP contribution in [0.4, 0.5) is 10.1 Å². The molecule has 1 amide bonds. The van der Waals surface area contributed by atoms with Gasteiger partial charge in [0.05, 0.1) is 25.9 Å². The number of nitrogens with one attached hydrogen (secondary N) is 1. The molecule has 2 aromatic rings. The normalized spacial score (nSPS) is 14.6. The molecule has 3 rings (SSSR count). The minimum Gasteiger partial charge on any atom is -0.495 e. The van der Waals surface area contributed by atoms with Crippen molar-refractivity contribution in [3.63, 3.8) is 0 Å². The van der Waals surface area contributed by atoms with E-state index in [0.717, 1.165) is 6.07 Å². The summed E-state index contributed by atoms with van der Waals surface area (Å²) >= 11 is 0. The van der Waals surface area contributed by atoms with Crippen LogP contribution in [-0.2, 0) is 24.3 Å². The van der Waals surface area contributed by atoms with Gasteiger partial charge in [0, 0.05) is 18.8 Å². The van der Waals surface area contributed by atoms with Gasteiger partial charge in [-0.15, -0.1) is 0 Å². The van der Waals surface area contributed by atoms with Crippen molar-refractivity contribution in [2.45, 2.75) is 11.8 Å². The smallest absolute Gasteiger partial charge is 0.338 e. The van der Waals surface area contributed by atoms with Crippen molar-refractivity contribution in [3.05, 3.63) is 53.3 Å². The SMILES string of the molecule is COc1ccc(NC(=O)COC(=O)c2ccc(C)c(F)c2)cc1S(=O)(=O)N1CCOCC1. The number of esters is 1. The number of ether oxygens (including phenoxy) is 3. The fourth-order valence-electron chi connectivity index (χ4n) is 3.01. The van der Waals surface area contributed by atoms with Crippen LogP contribution in [0, 0.1) is 12.7 Å². The van der Waals surface area contributed by atoms with Crippen molar-refractivity contribution in [2.75, 3.05) is 45.3 Å². The topological polar surface area (TPSA) is 111 Å². The molecule has 1 fully saturated rings. The van der Waals surface area contributed by atoms with Gasteiger partial charge in [-0.05, 0) is 42.8 Å². The van der Waals surface area contributed by atoms with E-state index in [4.69, 9.17) is 14.2 Å². The minimum absolute atomic E-state index is 0.0239. The molecule has 0 saturated carbocycles. The lowest BCUT2D eigenvalue weighted by atomic mass is 10.1. The third-order valence-electron chi connectivity index (χ3n) is 4.78. The molecule has 0 aromatic heterocycles. The number of carbonyl (C=O) groups excluding carboxylic acids is 2. The van der Waals surface area contributed by atoms with Gasteiger partial charge in [0.2, 0.25) is 10.0 Å². The predicted octanol–water partition coefficient (Wildman–Crippen LogP) is 1.96. The van der Waals surface area contributed by atoms with Gasteiger partial charge in [0.15, 0.2) is 6.61 Å². The first kappa shape index (κ1) is 23.6. The highest BCUT2D eigenvalue weighted by Crippen LogP contribution is 2.30. The zero-order chi connectivity index (χ0) is 23.3. The highest BCUT2D eigenvalue weighted by molar-refractivity contribution is 7.89. The molecule has 0 spiro atoms. The van der Waals surface area contributed by atoms with Crippen LogP contribution in [0.15, 0.2) is 41.3 Å². The molecule has 32 heavy (non-hydrogen) atoms. The third-order valence-corrected chi connectivity index (χ3v) is 6.70. The Kier molecular flexibility index (Phi) is 7.44. The van der Waals surface area contributed by atoms with E-state index in [1.807, 2.05) is 0 Å². The third kappa shape index (κ3) is 5.42. The van der Waals surface area contributed by atoms with E-state index in [9.17, 15) is 22.4 Å². The molecule has 1 saturated heterocycles. The van der Waals surface area contributed by atoms with E-state index in [2.05, 4.69) is 5.32 Å². The van der Waals surface area contributed by atoms with Gasteiger partial charge in [-0.25, -0.2) is 17.6 Å². The maximum absolute atomic E-state index is 13.6. The van der Waals surface area contributed by atoms with Crippen LogP contribution in [0.25, 0.3) is 0 Å². The Morgan fingerprint density at radius 2 is 1.88 bits per heavy atom. The monoisotopic (exact) mass is 466 g/mol. The quantitative estimate of drug-likeness (QED) is 0.621. The summed E-state index contributed by atoms with van der Waals surface area (Å²) in [4.78, 5) is 24.1. The van der Waals surface area contributed by atoms with Gasteiger partial charge < -0.3 is 19.5 Å². The molecule has 0 radical (unpaired) electrons. The second kappa shape index (κ2) is 10.1. The minimum atomic E-state index is -3.88. The second-order valence-electron chi connectivity index (χ2n) is 6.97. The average molecular weight is 466 g/mol. The Balaban J connectivity index is 1.69. The Hall–Kier alpha value is -3.02. The molecule has 1 N–H and O–H groups in total. The molecule has 0 aliphatic carbocycles. The van der Waals surface area contributed by atoms with Crippen LogP contribution in [0.3, 0.4) is 0 Å². The van der Waals surface area contributed by atoms with Crippen molar-refractivity contribution in [1.82, 2.24) is 4.31 Å². The van der Waals surface area contributed by atoms with Crippen LogP contribution in [0.1, 0.15) is 15.9 Å². The number of amides is 1. The number of sulfonamides is 1. The summed E-state index contributed by atoms with van der Waals surface area (Å²) in [7, 11) is -2.53. The Labute approximate surface area is 185 Å². The largest absolute Gasteiger partial charge is 0.495 e. The highest BCUT2D eigenvalue weighted by atomic mass is 32.2. The molecule has 1 aliphatic heterocycles. The molecule has 172 valence electrons. The molecule has 11 heteroatoms. The highest BCUT2D eigenvalue weighted by Gasteiger charge is 2.29. The molecule has 0 atom stereocenters. The van der Waals surface area contributed by atoms with E-state index < -0.39 is 34.3 Å². The van der Waals surface area contributed by atoms with Crippen molar-refractivity contribution in [3.8, 4) is 5.75 Å². The molecular weight excluding hydrogens is 443 g/mol. The summed E-state index contributed by atoms with van der Waals surface area (Å²) in [6.45, 7) is 1.91. The van der Waals surface area contributed by atoms with Crippen LogP contribution in [0.5, 0.6) is 5.75 Å². The number of hydrogen-bond acceptors (Lipinski definition) is 7. The number of rotatable bonds is 7. The number of methoxy groups -OCH3 is 1. The van der Waals surface area contributed by atoms with Crippen LogP contribution in [-0.4, -0.2) is 64.6 Å². The van der Waals surface area contributed by atoms with Gasteiger partial charge >= 0.3 is 5.97 Å². The molecular formula is C21H23FN2O7S. The van der Waals surface area contributed by atoms with Gasteiger partial charge in [-0.2, -0.15) is 4.31 Å². The Morgan fingerprint density at radius 3 is 2.53 bits per heavy atom. The number of morpholine rings is 1. The van der Waals surface area contributed by atoms with E-state index in [1.54, 1.807) is 6.92 Å². The Morgan fingerprint density at radius 1 is 1.16 bits per heavy atom. The zero-order valence-electron chi connectivity index (χ0n) is 17.6. The predicted molar refractivity (Wildman–Crippen MR) is 113 cm³/mol. The first-order valence-corrected chi connectivity index (χ1v) is 11.2. The van der Waals surface area contributed by atoms with Gasteiger partial charge in [-0.3, -0.25) is 4.79 Å². The van der Waals surface area contributed by atoms with E-state index >= 15 is 0 Å². The number of benzene rings is 2. The maximum Gasteiger partial charge on any atom is 0.338 e. The molecule has 2 aromatic carbocycles. The van der Waals surface area contributed by atoms with E-state index in [-0.39, 0.29) is 48.2 Å². The molecule has 0 unspecified atom stereocenters. The average Bonchev–Trinajstić information content (AvgIpc) is 2.79. The van der Waals surface area contributed by atoms with Crippen molar-refractivity contribution < 1.29 is 36.6 Å². The molecule has 1 aliphatic rings. The number of aryl methyl sites for hydroxylation is 1. The molecule has 9 nitrogen and oxygen atoms in total. The van der Waals surface area contributed by atoms with Crippen molar-refractivity contribution >= 4 is 27.6 Å². The lowest BCUT2D eigenvalue weighted by molar-refractivity contribution is -0.119. The summed E-state index contributed by atoms with van der Waals surface area (Å²) in [5, 5.41) is 2.48. The van der Waals surface area contributed by atoms with Gasteiger partial charge in [-0.1, -0.05) is 6.07 Å². The fourth-order valence-corrected chi connectivity index (χ4v) is 4.60. The number of hydrogen-bond donors (Lipinski definition) is 1. The van der Waals surface area contributed by atoms with Gasteiger partial charge in [0.25, 0.3) is 5.91 Å². The fraction of sp³-hybridized carbons (Fsp3) is 0.333. The van der Waals surface area contributed by atoms with Crippen LogP contribution >= 0.6 is 0 Å². The van der Waals surface area contributed by atoms with Gasteiger partial charge in [0.1, 0.15) is 16.5 Å². The number of carbonyl (C=O) groups is 2. The zero-order valence-corrected chi connectivity index (χ0v) is 18.4. The lowest BCUT2D eigenvalue weighted by Gasteiger charge is -2.26. The van der Waals surface area contributed by atoms with E-state index in [0.29, 0.717) is 5.56 Å². The maximum atomic E-state index is 13.6. The lowest BCUT2D eigenvalue weighted by Crippen LogP contribution is -2.40. The standard InChI is InChI=1S/C21H23FN2O7S/c1-14-3-4-15(11-17(14)22)21(26)31-13-20(25)23-16-5-6-18(29-2)19(12-16)32(27,28)24-7-9-30-10-8-24/h3-6,11-12H,7-10,13H2,1-2H3,(H,23,25). The Bertz CT molecular complexity index is 1120. The summed E-state index contributed by atoms with van der Waals surface area (Å²) < 4.78 is 56.2. The summed E-state index contributed by atoms with van der Waals surface area (Å²) in [6, 6.07) is 8.02. The summed E-state index contributed by atoms with van der Waals surface area (Å²) in [6.07, 6.45) is 0. The first-order chi connectivity index (χ1) is 15.2. The number of halogens is 1. The number of anilines is 1. The summed E-state index contributed by atoms with van der Waals surface area (Å²) in [5.41, 5.74) is 0.533. The molecule has 0 bridgehead atoms. The summed E-state index contributed by atoms with van der Waals surface area (Å²) in [5.74, 6) is -1.98. The van der Waals surface area contributed by atoms with Crippen molar-refractivity contribution in [2.24, 2.45) is 0 Å². The van der Waals surface area contributed by atoms with Crippen LogP contribution < -0.4 is 10.1 Å². The second-order valence-corrected chi connectivity index (χ2v) is 8.88.